The van der Waals surface area contributed by atoms with E-state index in [1.165, 1.54) is 24.3 Å². The summed E-state index contributed by atoms with van der Waals surface area (Å²) >= 11 is 0. The minimum absolute atomic E-state index is 0.00797. The van der Waals surface area contributed by atoms with Gasteiger partial charge in [-0.3, -0.25) is 19.2 Å². The molecular formula is C45H61F2N7O4. The maximum Gasteiger partial charge on any atom is 0.245 e. The predicted octanol–water partition coefficient (Wildman–Crippen LogP) is 7.16. The first-order valence-electron chi connectivity index (χ1n) is 21.1. The molecular weight excluding hydrogens is 741 g/mol. The molecule has 11 nitrogen and oxygen atoms in total. The molecule has 0 aliphatic carbocycles. The van der Waals surface area contributed by atoms with Crippen molar-refractivity contribution >= 4 is 45.4 Å². The summed E-state index contributed by atoms with van der Waals surface area (Å²) in [5, 5.41) is 6.79. The lowest BCUT2D eigenvalue weighted by Gasteiger charge is -2.35. The van der Waals surface area contributed by atoms with Gasteiger partial charge in [0.1, 0.15) is 23.5 Å². The van der Waals surface area contributed by atoms with Crippen LogP contribution in [-0.4, -0.2) is 92.1 Å². The first kappa shape index (κ1) is 42.9. The monoisotopic (exact) mass is 801 g/mol. The molecule has 2 aliphatic rings. The van der Waals surface area contributed by atoms with Gasteiger partial charge in [0.2, 0.25) is 17.7 Å². The predicted molar refractivity (Wildman–Crippen MR) is 223 cm³/mol. The number of nitrogens with zero attached hydrogens (tertiary/aromatic N) is 4. The number of H-pyrrole nitrogens is 1. The Hall–Kier alpha value is -4.65. The number of aromatic amines is 1. The van der Waals surface area contributed by atoms with Crippen molar-refractivity contribution in [2.45, 2.75) is 131 Å². The molecule has 4 heterocycles. The van der Waals surface area contributed by atoms with E-state index in [0.717, 1.165) is 36.6 Å². The first-order valence-corrected chi connectivity index (χ1v) is 21.1. The number of likely N-dealkylation sites (N-methyl/N-ethyl adjacent to an activating group) is 1. The Bertz CT molecular complexity index is 2160. The lowest BCUT2D eigenvalue weighted by molar-refractivity contribution is -0.143. The highest BCUT2D eigenvalue weighted by Crippen LogP contribution is 2.38. The number of nitrogens with one attached hydrogen (secondary N) is 3. The summed E-state index contributed by atoms with van der Waals surface area (Å²) in [5.41, 5.74) is 2.76. The molecule has 6 unspecified atom stereocenters. The van der Waals surface area contributed by atoms with Crippen LogP contribution < -0.4 is 10.6 Å². The highest BCUT2D eigenvalue weighted by molar-refractivity contribution is 5.93. The normalized spacial score (nSPS) is 19.5. The molecule has 2 aromatic heterocycles. The topological polar surface area (TPSA) is 132 Å². The smallest absolute Gasteiger partial charge is 0.245 e. The zero-order valence-corrected chi connectivity index (χ0v) is 35.4. The summed E-state index contributed by atoms with van der Waals surface area (Å²) in [7, 11) is 1.74. The van der Waals surface area contributed by atoms with Crippen molar-refractivity contribution in [3.05, 3.63) is 53.6 Å². The Labute approximate surface area is 340 Å². The van der Waals surface area contributed by atoms with Crippen molar-refractivity contribution in [2.75, 3.05) is 20.1 Å². The second-order valence-corrected chi connectivity index (χ2v) is 17.6. The molecule has 2 aliphatic heterocycles. The fourth-order valence-corrected chi connectivity index (χ4v) is 8.75. The Morgan fingerprint density at radius 1 is 0.914 bits per heavy atom. The van der Waals surface area contributed by atoms with Crippen molar-refractivity contribution in [3.63, 3.8) is 0 Å². The van der Waals surface area contributed by atoms with Gasteiger partial charge in [-0.05, 0) is 100 Å². The van der Waals surface area contributed by atoms with Crippen LogP contribution in [0.25, 0.3) is 33.5 Å². The van der Waals surface area contributed by atoms with E-state index in [2.05, 4.69) is 15.6 Å². The number of benzene rings is 2. The lowest BCUT2D eigenvalue weighted by atomic mass is 9.76. The SMILES string of the molecule is CCC(C)C(=O)NC(CC)C(=O)N1CCCC1Cn1c(-c2[nH]c3cc(F)ccc3c2CC2CCCN2C(=O)C(CC(=O)C(C)NC)C(C)(C)C)nc2cc(F)ccc21. The number of ketones is 1. The molecule has 2 aromatic carbocycles. The summed E-state index contributed by atoms with van der Waals surface area (Å²) < 4.78 is 31.6. The van der Waals surface area contributed by atoms with E-state index in [1.807, 2.05) is 62.8 Å². The number of imidazole rings is 1. The van der Waals surface area contributed by atoms with E-state index in [0.29, 0.717) is 67.0 Å². The van der Waals surface area contributed by atoms with E-state index in [9.17, 15) is 28.0 Å². The molecule has 13 heteroatoms. The van der Waals surface area contributed by atoms with Gasteiger partial charge in [-0.15, -0.1) is 0 Å². The van der Waals surface area contributed by atoms with E-state index >= 15 is 0 Å². The molecule has 2 saturated heterocycles. The van der Waals surface area contributed by atoms with Gasteiger partial charge in [0.25, 0.3) is 0 Å². The highest BCUT2D eigenvalue weighted by Gasteiger charge is 2.41. The van der Waals surface area contributed by atoms with Crippen molar-refractivity contribution in [1.82, 2.24) is 35.0 Å². The van der Waals surface area contributed by atoms with E-state index < -0.39 is 29.0 Å². The quantitative estimate of drug-likeness (QED) is 0.117. The summed E-state index contributed by atoms with van der Waals surface area (Å²) in [6.45, 7) is 15.0. The molecule has 2 fully saturated rings. The van der Waals surface area contributed by atoms with Gasteiger partial charge in [0.15, 0.2) is 5.82 Å². The zero-order valence-electron chi connectivity index (χ0n) is 35.4. The number of hydrogen-bond acceptors (Lipinski definition) is 6. The van der Waals surface area contributed by atoms with E-state index in [-0.39, 0.29) is 54.0 Å². The molecule has 0 saturated carbocycles. The average molecular weight is 802 g/mol. The molecule has 4 aromatic rings. The molecule has 6 rings (SSSR count). The highest BCUT2D eigenvalue weighted by atomic mass is 19.1. The molecule has 0 spiro atoms. The number of rotatable bonds is 15. The second-order valence-electron chi connectivity index (χ2n) is 17.6. The van der Waals surface area contributed by atoms with Crippen LogP contribution in [0, 0.1) is 28.9 Å². The number of Topliss-reactive ketones (excluding diaryl/α,β-unsaturated/α-hetero) is 1. The van der Waals surface area contributed by atoms with Gasteiger partial charge in [-0.1, -0.05) is 41.5 Å². The Morgan fingerprint density at radius 3 is 2.22 bits per heavy atom. The third kappa shape index (κ3) is 8.84. The van der Waals surface area contributed by atoms with Gasteiger partial charge < -0.3 is 30.0 Å². The van der Waals surface area contributed by atoms with Crippen LogP contribution in [0.3, 0.4) is 0 Å². The average Bonchev–Trinajstić information content (AvgIpc) is 4.00. The molecule has 58 heavy (non-hydrogen) atoms. The molecule has 3 amide bonds. The molecule has 314 valence electrons. The first-order chi connectivity index (χ1) is 27.6. The fourth-order valence-electron chi connectivity index (χ4n) is 8.75. The van der Waals surface area contributed by atoms with Gasteiger partial charge in [-0.25, -0.2) is 13.8 Å². The third-order valence-corrected chi connectivity index (χ3v) is 12.7. The van der Waals surface area contributed by atoms with Gasteiger partial charge in [0.05, 0.1) is 22.8 Å². The molecule has 0 bridgehead atoms. The van der Waals surface area contributed by atoms with Crippen LogP contribution in [-0.2, 0) is 32.1 Å². The second kappa shape index (κ2) is 17.7. The maximum atomic E-state index is 14.8. The number of carbonyl (C=O) groups is 4. The largest absolute Gasteiger partial charge is 0.352 e. The standard InChI is InChI=1S/C45H61F2N7O4/c1-9-26(3)42(56)51-35(10-2)44(58)53-20-12-14-31(53)25-54-38-18-16-29(47)22-37(38)50-41(54)40-33(32-17-15-28(46)21-36(32)49-40)23-30-13-11-19-52(30)43(57)34(45(5,6)7)24-39(55)27(4)48-8/h15-18,21-22,26-27,30-31,34-35,48-49H,9-14,19-20,23-25H2,1-8H3,(H,51,56). The lowest BCUT2D eigenvalue weighted by Crippen LogP contribution is -2.51. The number of fused-ring (bicyclic) bond motifs is 2. The number of halogens is 2. The van der Waals surface area contributed by atoms with Gasteiger partial charge in [-0.2, -0.15) is 0 Å². The van der Waals surface area contributed by atoms with Gasteiger partial charge >= 0.3 is 0 Å². The Morgan fingerprint density at radius 2 is 1.57 bits per heavy atom. The van der Waals surface area contributed by atoms with Crippen LogP contribution >= 0.6 is 0 Å². The minimum atomic E-state index is -0.648. The van der Waals surface area contributed by atoms with E-state index in [4.69, 9.17) is 4.98 Å². The number of hydrogen-bond donors (Lipinski definition) is 3. The third-order valence-electron chi connectivity index (χ3n) is 12.7. The summed E-state index contributed by atoms with van der Waals surface area (Å²) in [4.78, 5) is 66.8. The summed E-state index contributed by atoms with van der Waals surface area (Å²) in [5.74, 6) is -1.34. The van der Waals surface area contributed by atoms with Crippen LogP contribution in [0.4, 0.5) is 8.78 Å². The van der Waals surface area contributed by atoms with Crippen molar-refractivity contribution in [3.8, 4) is 11.5 Å². The maximum absolute atomic E-state index is 14.8. The summed E-state index contributed by atoms with van der Waals surface area (Å²) in [6.07, 6.45) is 4.80. The van der Waals surface area contributed by atoms with Crippen LogP contribution in [0.2, 0.25) is 0 Å². The number of aromatic nitrogens is 3. The van der Waals surface area contributed by atoms with E-state index in [1.54, 1.807) is 19.2 Å². The fraction of sp³-hybridized carbons (Fsp3) is 0.578. The molecule has 0 radical (unpaired) electrons. The molecule has 6 atom stereocenters. The van der Waals surface area contributed by atoms with Crippen molar-refractivity contribution in [2.24, 2.45) is 17.3 Å². The Balaban J connectivity index is 1.38. The Kier molecular flexibility index (Phi) is 13.1. The van der Waals surface area contributed by atoms with Crippen LogP contribution in [0.15, 0.2) is 36.4 Å². The van der Waals surface area contributed by atoms with Crippen LogP contribution in [0.1, 0.15) is 99.0 Å². The summed E-state index contributed by atoms with van der Waals surface area (Å²) in [6, 6.07) is 7.69. The minimum Gasteiger partial charge on any atom is -0.352 e. The number of amides is 3. The number of carbonyl (C=O) groups excluding carboxylic acids is 4. The van der Waals surface area contributed by atoms with Crippen molar-refractivity contribution < 1.29 is 28.0 Å². The van der Waals surface area contributed by atoms with Crippen molar-refractivity contribution in [1.29, 1.82) is 0 Å². The van der Waals surface area contributed by atoms with Gasteiger partial charge in [0, 0.05) is 66.9 Å². The molecule has 3 N–H and O–H groups in total. The zero-order chi connectivity index (χ0) is 42.1. The number of likely N-dealkylation sites (tertiary alicyclic amines) is 2. The van der Waals surface area contributed by atoms with Crippen LogP contribution in [0.5, 0.6) is 0 Å².